The van der Waals surface area contributed by atoms with E-state index in [-0.39, 0.29) is 5.92 Å². The van der Waals surface area contributed by atoms with Gasteiger partial charge in [-0.1, -0.05) is 66.2 Å². The molecule has 0 bridgehead atoms. The van der Waals surface area contributed by atoms with E-state index in [4.69, 9.17) is 0 Å². The van der Waals surface area contributed by atoms with Crippen molar-refractivity contribution in [3.05, 3.63) is 0 Å². The van der Waals surface area contributed by atoms with Crippen LogP contribution in [-0.4, -0.2) is 11.1 Å². The second-order valence-corrected chi connectivity index (χ2v) is 5.72. The van der Waals surface area contributed by atoms with E-state index < -0.39 is 5.97 Å². The lowest BCUT2D eigenvalue weighted by atomic mass is 9.81. The lowest BCUT2D eigenvalue weighted by molar-refractivity contribution is -0.144. The van der Waals surface area contributed by atoms with Gasteiger partial charge in [-0.2, -0.15) is 0 Å². The zero-order valence-corrected chi connectivity index (χ0v) is 12.7. The van der Waals surface area contributed by atoms with Crippen molar-refractivity contribution in [2.75, 3.05) is 0 Å². The average Bonchev–Trinajstić information content (AvgIpc) is 2.34. The highest BCUT2D eigenvalue weighted by Crippen LogP contribution is 2.29. The Morgan fingerprint density at radius 2 is 1.61 bits per heavy atom. The molecule has 0 heterocycles. The van der Waals surface area contributed by atoms with Crippen LogP contribution in [0.15, 0.2) is 0 Å². The zero-order chi connectivity index (χ0) is 14.0. The summed E-state index contributed by atoms with van der Waals surface area (Å²) in [6.07, 6.45) is 9.01. The molecular weight excluding hydrogens is 224 g/mol. The summed E-state index contributed by atoms with van der Waals surface area (Å²) >= 11 is 0. The second-order valence-electron chi connectivity index (χ2n) is 5.72. The molecule has 2 heteroatoms. The highest BCUT2D eigenvalue weighted by atomic mass is 16.4. The number of carbonyl (C=O) groups is 1. The Labute approximate surface area is 113 Å². The van der Waals surface area contributed by atoms with Crippen LogP contribution in [0.3, 0.4) is 0 Å². The largest absolute Gasteiger partial charge is 0.481 e. The molecule has 0 aliphatic rings. The van der Waals surface area contributed by atoms with E-state index in [2.05, 4.69) is 27.7 Å². The third kappa shape index (κ3) is 7.03. The van der Waals surface area contributed by atoms with Gasteiger partial charge in [0.15, 0.2) is 0 Å². The van der Waals surface area contributed by atoms with Crippen LogP contribution in [0.2, 0.25) is 0 Å². The van der Waals surface area contributed by atoms with E-state index in [0.29, 0.717) is 11.8 Å². The lowest BCUT2D eigenvalue weighted by Gasteiger charge is -2.24. The van der Waals surface area contributed by atoms with Gasteiger partial charge in [0.05, 0.1) is 5.92 Å². The van der Waals surface area contributed by atoms with Crippen LogP contribution in [-0.2, 0) is 4.79 Å². The summed E-state index contributed by atoms with van der Waals surface area (Å²) in [5, 5.41) is 9.33. The maximum Gasteiger partial charge on any atom is 0.306 e. The molecule has 108 valence electrons. The fourth-order valence-corrected chi connectivity index (χ4v) is 2.75. The molecule has 0 radical (unpaired) electrons. The number of carboxylic acid groups (broad SMARTS) is 1. The van der Waals surface area contributed by atoms with Crippen LogP contribution in [0.4, 0.5) is 0 Å². The third-order valence-electron chi connectivity index (χ3n) is 4.12. The molecule has 2 nitrogen and oxygen atoms in total. The Morgan fingerprint density at radius 3 is 2.06 bits per heavy atom. The van der Waals surface area contributed by atoms with Crippen LogP contribution in [0.25, 0.3) is 0 Å². The molecule has 0 fully saturated rings. The fraction of sp³-hybridized carbons (Fsp3) is 0.938. The Balaban J connectivity index is 4.28. The Hall–Kier alpha value is -0.530. The van der Waals surface area contributed by atoms with Gasteiger partial charge in [0.2, 0.25) is 0 Å². The summed E-state index contributed by atoms with van der Waals surface area (Å²) in [4.78, 5) is 11.3. The molecule has 0 saturated heterocycles. The monoisotopic (exact) mass is 256 g/mol. The van der Waals surface area contributed by atoms with Crippen LogP contribution >= 0.6 is 0 Å². The number of hydrogen-bond donors (Lipinski definition) is 1. The van der Waals surface area contributed by atoms with Crippen molar-refractivity contribution in [2.24, 2.45) is 17.8 Å². The predicted molar refractivity (Wildman–Crippen MR) is 77.7 cm³/mol. The first kappa shape index (κ1) is 17.5. The summed E-state index contributed by atoms with van der Waals surface area (Å²) in [7, 11) is 0. The summed E-state index contributed by atoms with van der Waals surface area (Å²) in [6.45, 7) is 8.70. The van der Waals surface area contributed by atoms with Crippen molar-refractivity contribution < 1.29 is 9.90 Å². The standard InChI is InChI=1S/C16H32O2/c1-5-8-10-14(7-3)12-13(4)15(16(17)18)11-9-6-2/h13-15H,5-12H2,1-4H3,(H,17,18). The molecule has 3 unspecified atom stereocenters. The second kappa shape index (κ2) is 10.4. The van der Waals surface area contributed by atoms with Crippen molar-refractivity contribution in [3.63, 3.8) is 0 Å². The molecule has 3 atom stereocenters. The van der Waals surface area contributed by atoms with Gasteiger partial charge < -0.3 is 5.11 Å². The molecule has 0 aromatic rings. The molecule has 0 amide bonds. The van der Waals surface area contributed by atoms with Gasteiger partial charge in [-0.25, -0.2) is 0 Å². The van der Waals surface area contributed by atoms with Gasteiger partial charge in [0.25, 0.3) is 0 Å². The van der Waals surface area contributed by atoms with E-state index in [0.717, 1.165) is 25.7 Å². The van der Waals surface area contributed by atoms with Crippen LogP contribution in [0, 0.1) is 17.8 Å². The van der Waals surface area contributed by atoms with Crippen molar-refractivity contribution in [2.45, 2.75) is 79.1 Å². The first-order valence-corrected chi connectivity index (χ1v) is 7.79. The topological polar surface area (TPSA) is 37.3 Å². The molecular formula is C16H32O2. The third-order valence-corrected chi connectivity index (χ3v) is 4.12. The van der Waals surface area contributed by atoms with E-state index >= 15 is 0 Å². The highest BCUT2D eigenvalue weighted by molar-refractivity contribution is 5.70. The quantitative estimate of drug-likeness (QED) is 0.557. The van der Waals surface area contributed by atoms with Crippen LogP contribution in [0.1, 0.15) is 79.1 Å². The van der Waals surface area contributed by atoms with Crippen LogP contribution in [0.5, 0.6) is 0 Å². The average molecular weight is 256 g/mol. The van der Waals surface area contributed by atoms with Gasteiger partial charge in [-0.15, -0.1) is 0 Å². The normalized spacial score (nSPS) is 16.2. The molecule has 0 aliphatic carbocycles. The molecule has 0 aromatic carbocycles. The minimum absolute atomic E-state index is 0.138. The van der Waals surface area contributed by atoms with Gasteiger partial charge in [-0.3, -0.25) is 4.79 Å². The summed E-state index contributed by atoms with van der Waals surface area (Å²) in [6, 6.07) is 0. The van der Waals surface area contributed by atoms with Crippen LogP contribution < -0.4 is 0 Å². The number of hydrogen-bond acceptors (Lipinski definition) is 1. The SMILES string of the molecule is CCCCC(CC)CC(C)C(CCCC)C(=O)O. The number of aliphatic carboxylic acids is 1. The molecule has 18 heavy (non-hydrogen) atoms. The van der Waals surface area contributed by atoms with Gasteiger partial charge in [0, 0.05) is 0 Å². The molecule has 0 aliphatic heterocycles. The smallest absolute Gasteiger partial charge is 0.306 e. The molecule has 0 saturated carbocycles. The molecule has 0 spiro atoms. The van der Waals surface area contributed by atoms with E-state index in [1.165, 1.54) is 25.7 Å². The number of carboxylic acids is 1. The summed E-state index contributed by atoms with van der Waals surface area (Å²) < 4.78 is 0. The molecule has 1 N–H and O–H groups in total. The maximum atomic E-state index is 11.3. The summed E-state index contributed by atoms with van der Waals surface area (Å²) in [5.74, 6) is 0.293. The zero-order valence-electron chi connectivity index (χ0n) is 12.7. The number of unbranched alkanes of at least 4 members (excludes halogenated alkanes) is 2. The number of rotatable bonds is 11. The minimum Gasteiger partial charge on any atom is -0.481 e. The fourth-order valence-electron chi connectivity index (χ4n) is 2.75. The van der Waals surface area contributed by atoms with Crippen molar-refractivity contribution in [1.29, 1.82) is 0 Å². The predicted octanol–water partition coefficient (Wildman–Crippen LogP) is 5.12. The first-order chi connectivity index (χ1) is 8.56. The van der Waals surface area contributed by atoms with Crippen molar-refractivity contribution in [3.8, 4) is 0 Å². The Bertz CT molecular complexity index is 213. The van der Waals surface area contributed by atoms with E-state index in [9.17, 15) is 9.90 Å². The highest BCUT2D eigenvalue weighted by Gasteiger charge is 2.25. The van der Waals surface area contributed by atoms with Gasteiger partial charge >= 0.3 is 5.97 Å². The minimum atomic E-state index is -0.596. The van der Waals surface area contributed by atoms with E-state index in [1.54, 1.807) is 0 Å². The maximum absolute atomic E-state index is 11.3. The van der Waals surface area contributed by atoms with Gasteiger partial charge in [0.1, 0.15) is 0 Å². The van der Waals surface area contributed by atoms with Crippen molar-refractivity contribution >= 4 is 5.97 Å². The van der Waals surface area contributed by atoms with Crippen molar-refractivity contribution in [1.82, 2.24) is 0 Å². The molecule has 0 rings (SSSR count). The first-order valence-electron chi connectivity index (χ1n) is 7.79. The van der Waals surface area contributed by atoms with Gasteiger partial charge in [-0.05, 0) is 24.7 Å². The molecule has 0 aromatic heterocycles. The Morgan fingerprint density at radius 1 is 1.06 bits per heavy atom. The lowest BCUT2D eigenvalue weighted by Crippen LogP contribution is -2.23. The summed E-state index contributed by atoms with van der Waals surface area (Å²) in [5.41, 5.74) is 0. The van der Waals surface area contributed by atoms with E-state index in [1.807, 2.05) is 0 Å². The Kier molecular flexibility index (Phi) is 10.1.